The predicted octanol–water partition coefficient (Wildman–Crippen LogP) is 1.86. The molecule has 0 aromatic carbocycles. The van der Waals surface area contributed by atoms with Crippen molar-refractivity contribution in [1.82, 2.24) is 29.5 Å². The highest BCUT2D eigenvalue weighted by Gasteiger charge is 2.30. The van der Waals surface area contributed by atoms with Gasteiger partial charge in [-0.2, -0.15) is 10.1 Å². The van der Waals surface area contributed by atoms with Crippen molar-refractivity contribution in [2.45, 2.75) is 57.5 Å². The molecule has 2 aliphatic rings. The summed E-state index contributed by atoms with van der Waals surface area (Å²) in [6, 6.07) is 0.585. The molecule has 1 aliphatic carbocycles. The number of esters is 1. The Kier molecular flexibility index (Phi) is 9.10. The minimum Gasteiger partial charge on any atom is -0.481 e. The fraction of sp³-hybridized carbons (Fsp3) is 0.600. The number of aryl methyl sites for hydroxylation is 1. The quantitative estimate of drug-likeness (QED) is 0.387. The van der Waals surface area contributed by atoms with Crippen LogP contribution in [0.1, 0.15) is 55.8 Å². The van der Waals surface area contributed by atoms with Gasteiger partial charge in [0.15, 0.2) is 0 Å². The number of carboxylic acids is 1. The number of hydrogen-bond acceptors (Lipinski definition) is 10. The van der Waals surface area contributed by atoms with Crippen molar-refractivity contribution < 1.29 is 24.2 Å². The van der Waals surface area contributed by atoms with Crippen molar-refractivity contribution in [3.8, 4) is 0 Å². The Hall–Kier alpha value is -3.74. The molecule has 206 valence electrons. The van der Waals surface area contributed by atoms with E-state index in [1.807, 2.05) is 13.2 Å². The number of amides is 1. The molecule has 2 aromatic heterocycles. The van der Waals surface area contributed by atoms with Gasteiger partial charge in [0, 0.05) is 64.1 Å². The number of aliphatic carboxylic acids is 1. The Morgan fingerprint density at radius 2 is 1.82 bits per heavy atom. The molecule has 2 fully saturated rings. The highest BCUT2D eigenvalue weighted by atomic mass is 16.5. The van der Waals surface area contributed by atoms with Crippen LogP contribution in [0.4, 0.5) is 17.5 Å². The Bertz CT molecular complexity index is 1120. The monoisotopic (exact) mass is 528 g/mol. The van der Waals surface area contributed by atoms with Crippen molar-refractivity contribution >= 4 is 35.3 Å². The number of nitrogens with zero attached hydrogens (tertiary/aromatic N) is 6. The van der Waals surface area contributed by atoms with E-state index >= 15 is 0 Å². The standard InChI is InChI=1S/C25H36N8O5/c1-3-38-24(37)20-15-26-25(29-18-14-27-31(2)16-18)30-23(20)28-17-4-6-19(7-5-17)32-10-12-33(13-11-32)21(34)8-9-22(35)36/h14-17,19H,3-13H2,1-2H3,(H,35,36)(H2,26,28,29,30). The number of hydrogen-bond donors (Lipinski definition) is 3. The predicted molar refractivity (Wildman–Crippen MR) is 139 cm³/mol. The smallest absolute Gasteiger partial charge is 0.343 e. The van der Waals surface area contributed by atoms with Crippen LogP contribution in [-0.2, 0) is 21.4 Å². The Labute approximate surface area is 221 Å². The van der Waals surface area contributed by atoms with Gasteiger partial charge in [0.1, 0.15) is 11.4 Å². The third-order valence-corrected chi connectivity index (χ3v) is 7.02. The van der Waals surface area contributed by atoms with E-state index in [9.17, 15) is 14.4 Å². The summed E-state index contributed by atoms with van der Waals surface area (Å²) in [5, 5.41) is 19.5. The molecule has 1 amide bonds. The van der Waals surface area contributed by atoms with Crippen LogP contribution in [0, 0.1) is 0 Å². The number of aromatic nitrogens is 4. The van der Waals surface area contributed by atoms with Gasteiger partial charge in [-0.3, -0.25) is 19.2 Å². The molecule has 3 heterocycles. The average molecular weight is 529 g/mol. The second-order valence-electron chi connectivity index (χ2n) is 9.66. The summed E-state index contributed by atoms with van der Waals surface area (Å²) in [6.45, 7) is 4.88. The summed E-state index contributed by atoms with van der Waals surface area (Å²) >= 11 is 0. The lowest BCUT2D eigenvalue weighted by molar-refractivity contribution is -0.141. The molecule has 1 saturated carbocycles. The SMILES string of the molecule is CCOC(=O)c1cnc(Nc2cnn(C)c2)nc1NC1CCC(N2CCN(C(=O)CCC(=O)O)CC2)CC1. The number of carbonyl (C=O) groups excluding carboxylic acids is 2. The van der Waals surface area contributed by atoms with Crippen LogP contribution in [-0.4, -0.2) is 97.4 Å². The van der Waals surface area contributed by atoms with Gasteiger partial charge in [0.05, 0.1) is 24.9 Å². The highest BCUT2D eigenvalue weighted by molar-refractivity contribution is 5.94. The second kappa shape index (κ2) is 12.7. The molecule has 0 unspecified atom stereocenters. The second-order valence-corrected chi connectivity index (χ2v) is 9.66. The molecule has 1 aliphatic heterocycles. The molecule has 3 N–H and O–H groups in total. The molecular weight excluding hydrogens is 492 g/mol. The van der Waals surface area contributed by atoms with E-state index in [1.54, 1.807) is 22.7 Å². The molecule has 13 heteroatoms. The molecule has 0 radical (unpaired) electrons. The van der Waals surface area contributed by atoms with Crippen molar-refractivity contribution in [3.05, 3.63) is 24.2 Å². The first kappa shape index (κ1) is 27.3. The van der Waals surface area contributed by atoms with Crippen LogP contribution < -0.4 is 10.6 Å². The van der Waals surface area contributed by atoms with Gasteiger partial charge in [-0.15, -0.1) is 0 Å². The zero-order valence-corrected chi connectivity index (χ0v) is 21.9. The summed E-state index contributed by atoms with van der Waals surface area (Å²) in [4.78, 5) is 48.6. The maximum absolute atomic E-state index is 12.5. The van der Waals surface area contributed by atoms with Crippen LogP contribution in [0.25, 0.3) is 0 Å². The lowest BCUT2D eigenvalue weighted by Gasteiger charge is -2.42. The fourth-order valence-electron chi connectivity index (χ4n) is 5.01. The zero-order valence-electron chi connectivity index (χ0n) is 21.9. The van der Waals surface area contributed by atoms with Crippen LogP contribution in [0.2, 0.25) is 0 Å². The van der Waals surface area contributed by atoms with Crippen molar-refractivity contribution in [2.75, 3.05) is 43.4 Å². The normalized spacial score (nSPS) is 20.1. The van der Waals surface area contributed by atoms with Gasteiger partial charge in [-0.25, -0.2) is 9.78 Å². The molecule has 0 bridgehead atoms. The van der Waals surface area contributed by atoms with E-state index in [-0.39, 0.29) is 31.4 Å². The maximum atomic E-state index is 12.5. The number of nitrogens with one attached hydrogen (secondary N) is 2. The van der Waals surface area contributed by atoms with E-state index in [0.717, 1.165) is 44.5 Å². The summed E-state index contributed by atoms with van der Waals surface area (Å²) in [6.07, 6.45) is 8.71. The van der Waals surface area contributed by atoms with Gasteiger partial charge in [0.2, 0.25) is 11.9 Å². The average Bonchev–Trinajstić information content (AvgIpc) is 3.32. The van der Waals surface area contributed by atoms with Crippen molar-refractivity contribution in [2.24, 2.45) is 7.05 Å². The van der Waals surface area contributed by atoms with Crippen molar-refractivity contribution in [3.63, 3.8) is 0 Å². The molecule has 13 nitrogen and oxygen atoms in total. The largest absolute Gasteiger partial charge is 0.481 e. The van der Waals surface area contributed by atoms with E-state index < -0.39 is 11.9 Å². The summed E-state index contributed by atoms with van der Waals surface area (Å²) < 4.78 is 6.88. The molecule has 1 saturated heterocycles. The van der Waals surface area contributed by atoms with E-state index in [4.69, 9.17) is 9.84 Å². The summed E-state index contributed by atoms with van der Waals surface area (Å²) in [7, 11) is 1.82. The Morgan fingerprint density at radius 1 is 1.08 bits per heavy atom. The molecule has 0 spiro atoms. The van der Waals surface area contributed by atoms with Crippen LogP contribution in [0.3, 0.4) is 0 Å². The highest BCUT2D eigenvalue weighted by Crippen LogP contribution is 2.28. The first-order valence-electron chi connectivity index (χ1n) is 13.1. The Balaban J connectivity index is 1.32. The summed E-state index contributed by atoms with van der Waals surface area (Å²) in [5.74, 6) is -0.688. The van der Waals surface area contributed by atoms with Gasteiger partial charge in [0.25, 0.3) is 0 Å². The van der Waals surface area contributed by atoms with E-state index in [0.29, 0.717) is 36.5 Å². The number of rotatable bonds is 10. The minimum atomic E-state index is -0.945. The molecular formula is C25H36N8O5. The summed E-state index contributed by atoms with van der Waals surface area (Å²) in [5.41, 5.74) is 1.04. The number of carboxylic acid groups (broad SMARTS) is 1. The topological polar surface area (TPSA) is 155 Å². The molecule has 0 atom stereocenters. The molecule has 4 rings (SSSR count). The third-order valence-electron chi connectivity index (χ3n) is 7.02. The van der Waals surface area contributed by atoms with Crippen molar-refractivity contribution in [1.29, 1.82) is 0 Å². The molecule has 38 heavy (non-hydrogen) atoms. The van der Waals surface area contributed by atoms with Crippen LogP contribution in [0.15, 0.2) is 18.6 Å². The van der Waals surface area contributed by atoms with E-state index in [2.05, 4.69) is 30.6 Å². The number of ether oxygens (including phenoxy) is 1. The minimum absolute atomic E-state index is 0.0579. The Morgan fingerprint density at radius 3 is 2.45 bits per heavy atom. The van der Waals surface area contributed by atoms with Gasteiger partial charge >= 0.3 is 11.9 Å². The van der Waals surface area contributed by atoms with Gasteiger partial charge in [-0.05, 0) is 32.6 Å². The number of piperazine rings is 1. The fourth-order valence-corrected chi connectivity index (χ4v) is 5.01. The lowest BCUT2D eigenvalue weighted by Crippen LogP contribution is -2.53. The van der Waals surface area contributed by atoms with E-state index in [1.165, 1.54) is 6.20 Å². The third kappa shape index (κ3) is 7.18. The lowest BCUT2D eigenvalue weighted by atomic mass is 9.89. The first-order chi connectivity index (χ1) is 18.3. The number of carbonyl (C=O) groups is 3. The zero-order chi connectivity index (χ0) is 27.1. The van der Waals surface area contributed by atoms with Crippen LogP contribution in [0.5, 0.6) is 0 Å². The maximum Gasteiger partial charge on any atom is 0.343 e. The first-order valence-corrected chi connectivity index (χ1v) is 13.1. The van der Waals surface area contributed by atoms with Gasteiger partial charge < -0.3 is 25.4 Å². The van der Waals surface area contributed by atoms with Crippen LogP contribution >= 0.6 is 0 Å². The molecule has 2 aromatic rings. The van der Waals surface area contributed by atoms with Gasteiger partial charge in [-0.1, -0.05) is 0 Å². The number of anilines is 3.